The highest BCUT2D eigenvalue weighted by atomic mass is 35.5. The molecule has 1 unspecified atom stereocenters. The number of nitrogens with two attached hydrogens (primary N) is 1. The Morgan fingerprint density at radius 3 is 2.65 bits per heavy atom. The van der Waals surface area contributed by atoms with Gasteiger partial charge in [-0.25, -0.2) is 0 Å². The molecule has 7 heteroatoms. The normalized spacial score (nSPS) is 11.9. The molecule has 0 radical (unpaired) electrons. The number of aliphatic hydroxyl groups excluding tert-OH is 1. The molecule has 0 saturated carbocycles. The smallest absolute Gasteiger partial charge is 0.191 e. The quantitative estimate of drug-likeness (QED) is 0.791. The van der Waals surface area contributed by atoms with E-state index in [1.807, 2.05) is 41.9 Å². The Morgan fingerprint density at radius 2 is 2.00 bits per heavy atom. The lowest BCUT2D eigenvalue weighted by Gasteiger charge is -2.10. The fourth-order valence-corrected chi connectivity index (χ4v) is 2.64. The van der Waals surface area contributed by atoms with Gasteiger partial charge in [-0.3, -0.25) is 0 Å². The summed E-state index contributed by atoms with van der Waals surface area (Å²) in [4.78, 5) is 0. The molecule has 0 amide bonds. The molecular weight excluding hydrogens is 296 g/mol. The summed E-state index contributed by atoms with van der Waals surface area (Å²) in [5.74, 6) is 1.43. The van der Waals surface area contributed by atoms with Crippen molar-refractivity contribution in [1.82, 2.24) is 14.8 Å². The van der Waals surface area contributed by atoms with Crippen molar-refractivity contribution < 1.29 is 5.11 Å². The van der Waals surface area contributed by atoms with Gasteiger partial charge in [-0.05, 0) is 12.1 Å². The van der Waals surface area contributed by atoms with Crippen LogP contribution >= 0.6 is 24.2 Å². The van der Waals surface area contributed by atoms with Crippen LogP contribution in [0.3, 0.4) is 0 Å². The molecule has 1 heterocycles. The lowest BCUT2D eigenvalue weighted by atomic mass is 10.1. The second kappa shape index (κ2) is 8.26. The topological polar surface area (TPSA) is 77.0 Å². The Hall–Kier alpha value is -1.08. The highest BCUT2D eigenvalue weighted by Gasteiger charge is 2.12. The molecule has 1 atom stereocenters. The molecule has 0 saturated heterocycles. The van der Waals surface area contributed by atoms with Gasteiger partial charge in [0.15, 0.2) is 5.16 Å². The van der Waals surface area contributed by atoms with Crippen LogP contribution < -0.4 is 5.73 Å². The first-order valence-corrected chi connectivity index (χ1v) is 7.15. The Morgan fingerprint density at radius 1 is 1.30 bits per heavy atom. The summed E-state index contributed by atoms with van der Waals surface area (Å²) in [7, 11) is 1.92. The minimum atomic E-state index is -0.499. The second-order valence-corrected chi connectivity index (χ2v) is 5.22. The van der Waals surface area contributed by atoms with Crippen LogP contribution in [0.4, 0.5) is 0 Å². The van der Waals surface area contributed by atoms with Gasteiger partial charge >= 0.3 is 0 Å². The van der Waals surface area contributed by atoms with Crippen molar-refractivity contribution in [3.8, 4) is 0 Å². The number of halogens is 1. The van der Waals surface area contributed by atoms with E-state index in [0.717, 1.165) is 16.5 Å². The third-order valence-corrected chi connectivity index (χ3v) is 3.94. The molecule has 1 aromatic heterocycles. The molecule has 0 aliphatic carbocycles. The van der Waals surface area contributed by atoms with E-state index in [2.05, 4.69) is 10.2 Å². The monoisotopic (exact) mass is 314 g/mol. The Bertz CT molecular complexity index is 520. The van der Waals surface area contributed by atoms with Crippen molar-refractivity contribution in [3.05, 3.63) is 41.7 Å². The third-order valence-electron chi connectivity index (χ3n) is 2.85. The maximum absolute atomic E-state index is 10.1. The molecule has 0 aliphatic heterocycles. The van der Waals surface area contributed by atoms with E-state index in [0.29, 0.717) is 18.7 Å². The Balaban J connectivity index is 0.00000200. The van der Waals surface area contributed by atoms with Crippen LogP contribution in [-0.4, -0.2) is 32.2 Å². The van der Waals surface area contributed by atoms with E-state index in [9.17, 15) is 5.11 Å². The highest BCUT2D eigenvalue weighted by Crippen LogP contribution is 2.23. The fourth-order valence-electron chi connectivity index (χ4n) is 1.74. The number of nitrogens with zero attached hydrogens (tertiary/aromatic N) is 3. The number of aromatic nitrogens is 3. The summed E-state index contributed by atoms with van der Waals surface area (Å²) in [5, 5.41) is 19.1. The maximum Gasteiger partial charge on any atom is 0.191 e. The van der Waals surface area contributed by atoms with Gasteiger partial charge in [0, 0.05) is 19.2 Å². The number of hydrogen-bond acceptors (Lipinski definition) is 5. The molecule has 110 valence electrons. The minimum Gasteiger partial charge on any atom is -0.388 e. The first-order chi connectivity index (χ1) is 9.22. The minimum absolute atomic E-state index is 0. The van der Waals surface area contributed by atoms with Gasteiger partial charge in [0.1, 0.15) is 5.82 Å². The van der Waals surface area contributed by atoms with E-state index < -0.39 is 6.10 Å². The van der Waals surface area contributed by atoms with E-state index in [1.54, 1.807) is 0 Å². The number of thioether (sulfide) groups is 1. The SMILES string of the molecule is Cl.Cn1c(CCN)nnc1SCC(O)c1ccccc1. The lowest BCUT2D eigenvalue weighted by Crippen LogP contribution is -2.08. The lowest BCUT2D eigenvalue weighted by molar-refractivity contribution is 0.204. The molecule has 5 nitrogen and oxygen atoms in total. The van der Waals surface area contributed by atoms with Crippen molar-refractivity contribution in [2.24, 2.45) is 12.8 Å². The van der Waals surface area contributed by atoms with E-state index in [-0.39, 0.29) is 12.4 Å². The third kappa shape index (κ3) is 4.21. The maximum atomic E-state index is 10.1. The first-order valence-electron chi connectivity index (χ1n) is 6.16. The van der Waals surface area contributed by atoms with Crippen molar-refractivity contribution in [1.29, 1.82) is 0 Å². The van der Waals surface area contributed by atoms with Crippen LogP contribution in [0.15, 0.2) is 35.5 Å². The van der Waals surface area contributed by atoms with Gasteiger partial charge < -0.3 is 15.4 Å². The van der Waals surface area contributed by atoms with E-state index >= 15 is 0 Å². The zero-order valence-electron chi connectivity index (χ0n) is 11.3. The van der Waals surface area contributed by atoms with Crippen molar-refractivity contribution in [2.75, 3.05) is 12.3 Å². The zero-order chi connectivity index (χ0) is 13.7. The molecule has 0 aliphatic rings. The molecule has 0 bridgehead atoms. The van der Waals surface area contributed by atoms with Crippen LogP contribution in [0.25, 0.3) is 0 Å². The number of hydrogen-bond donors (Lipinski definition) is 2. The molecule has 0 fully saturated rings. The number of rotatable bonds is 6. The van der Waals surface area contributed by atoms with Crippen molar-refractivity contribution in [2.45, 2.75) is 17.7 Å². The predicted molar refractivity (Wildman–Crippen MR) is 83.1 cm³/mol. The van der Waals surface area contributed by atoms with Gasteiger partial charge in [0.2, 0.25) is 0 Å². The highest BCUT2D eigenvalue weighted by molar-refractivity contribution is 7.99. The van der Waals surface area contributed by atoms with Crippen molar-refractivity contribution >= 4 is 24.2 Å². The summed E-state index contributed by atoms with van der Waals surface area (Å²) in [6.45, 7) is 0.559. The summed E-state index contributed by atoms with van der Waals surface area (Å²) < 4.78 is 1.93. The van der Waals surface area contributed by atoms with Crippen LogP contribution in [0.5, 0.6) is 0 Å². The molecule has 0 spiro atoms. The fraction of sp³-hybridized carbons (Fsp3) is 0.385. The summed E-state index contributed by atoms with van der Waals surface area (Å²) in [6.07, 6.45) is 0.214. The van der Waals surface area contributed by atoms with Gasteiger partial charge in [-0.15, -0.1) is 22.6 Å². The number of aliphatic hydroxyl groups is 1. The molecule has 20 heavy (non-hydrogen) atoms. The van der Waals surface area contributed by atoms with Crippen LogP contribution in [0, 0.1) is 0 Å². The molecular formula is C13H19ClN4OS. The van der Waals surface area contributed by atoms with E-state index in [1.165, 1.54) is 11.8 Å². The molecule has 2 aromatic rings. The molecule has 1 aromatic carbocycles. The standard InChI is InChI=1S/C13H18N4OS.ClH/c1-17-12(7-8-14)15-16-13(17)19-9-11(18)10-5-3-2-4-6-10;/h2-6,11,18H,7-9,14H2,1H3;1H. The second-order valence-electron chi connectivity index (χ2n) is 4.23. The first kappa shape index (κ1) is 17.0. The molecule has 3 N–H and O–H groups in total. The zero-order valence-corrected chi connectivity index (χ0v) is 12.9. The van der Waals surface area contributed by atoms with Crippen LogP contribution in [0.1, 0.15) is 17.5 Å². The van der Waals surface area contributed by atoms with Gasteiger partial charge in [0.25, 0.3) is 0 Å². The predicted octanol–water partition coefficient (Wildman–Crippen LogP) is 1.56. The summed E-state index contributed by atoms with van der Waals surface area (Å²) >= 11 is 1.50. The Kier molecular flexibility index (Phi) is 7.01. The van der Waals surface area contributed by atoms with Crippen LogP contribution in [-0.2, 0) is 13.5 Å². The number of benzene rings is 1. The average Bonchev–Trinajstić information content (AvgIpc) is 2.79. The average molecular weight is 315 g/mol. The Labute approximate surface area is 129 Å². The summed E-state index contributed by atoms with van der Waals surface area (Å²) in [5.41, 5.74) is 6.43. The van der Waals surface area contributed by atoms with Crippen LogP contribution in [0.2, 0.25) is 0 Å². The largest absolute Gasteiger partial charge is 0.388 e. The molecule has 2 rings (SSSR count). The van der Waals surface area contributed by atoms with Gasteiger partial charge in [-0.2, -0.15) is 0 Å². The van der Waals surface area contributed by atoms with Gasteiger partial charge in [0.05, 0.1) is 6.10 Å². The van der Waals surface area contributed by atoms with E-state index in [4.69, 9.17) is 5.73 Å². The van der Waals surface area contributed by atoms with Gasteiger partial charge in [-0.1, -0.05) is 42.1 Å². The van der Waals surface area contributed by atoms with Crippen molar-refractivity contribution in [3.63, 3.8) is 0 Å². The summed E-state index contributed by atoms with van der Waals surface area (Å²) in [6, 6.07) is 9.62.